The van der Waals surface area contributed by atoms with Gasteiger partial charge in [-0.2, -0.15) is 0 Å². The SMILES string of the molecule is C=C(C)[C@@H](O)[C@H]1C[C@@H](C)[C@H]2[C@H](O1)[C@H](O[Si](CC)(CC)CC)[C@@]1(C)[C@@H]3CC[C@H]4C(C)(C)[C@@H](C)CCC45C[C@@]35CC[C@]21C. The second-order valence-corrected chi connectivity index (χ2v) is 22.3. The highest BCUT2D eigenvalue weighted by Gasteiger charge is 2.84. The topological polar surface area (TPSA) is 38.7 Å². The van der Waals surface area contributed by atoms with Gasteiger partial charge in [-0.1, -0.05) is 68.9 Å². The molecule has 2 spiro atoms. The molecular formula is C37H64O3Si. The second-order valence-electron chi connectivity index (χ2n) is 17.6. The summed E-state index contributed by atoms with van der Waals surface area (Å²) in [5, 5.41) is 11.2. The van der Waals surface area contributed by atoms with E-state index in [0.717, 1.165) is 29.7 Å². The standard InChI is InChI=1S/C37H64O3Si/c1-12-41(13-2,14-3)40-32-31-29(24(6)21-26(39-31)30(38)23(4)5)34(10)19-20-37-22-36(37)18-17-25(7)33(8,9)27(36)15-16-28(37)35(32,34)11/h24-32,38H,4,12-22H2,1-3,5-11H3/t24-,25+,26-,27+,28+,29+,30-,31+,32+,34-,35-,36?,37+/m1/s1. The van der Waals surface area contributed by atoms with Gasteiger partial charge in [0.2, 0.25) is 0 Å². The number of rotatable bonds is 7. The van der Waals surface area contributed by atoms with Crippen molar-refractivity contribution < 1.29 is 14.3 Å². The van der Waals surface area contributed by atoms with E-state index in [1.165, 1.54) is 63.1 Å². The first kappa shape index (κ1) is 30.8. The van der Waals surface area contributed by atoms with E-state index in [1.54, 1.807) is 0 Å². The van der Waals surface area contributed by atoms with Crippen LogP contribution in [0.1, 0.15) is 121 Å². The minimum Gasteiger partial charge on any atom is -0.411 e. The lowest BCUT2D eigenvalue weighted by molar-refractivity contribution is -0.172. The third kappa shape index (κ3) is 3.72. The number of hydrogen-bond acceptors (Lipinski definition) is 3. The van der Waals surface area contributed by atoms with Crippen LogP contribution in [0.2, 0.25) is 18.1 Å². The van der Waals surface area contributed by atoms with Crippen LogP contribution in [0.3, 0.4) is 0 Å². The van der Waals surface area contributed by atoms with Crippen LogP contribution in [-0.4, -0.2) is 37.8 Å². The predicted octanol–water partition coefficient (Wildman–Crippen LogP) is 9.40. The van der Waals surface area contributed by atoms with Gasteiger partial charge in [0, 0.05) is 5.41 Å². The van der Waals surface area contributed by atoms with Gasteiger partial charge in [-0.3, -0.25) is 0 Å². The molecule has 41 heavy (non-hydrogen) atoms. The maximum atomic E-state index is 11.2. The van der Waals surface area contributed by atoms with Crippen LogP contribution in [0.5, 0.6) is 0 Å². The fourth-order valence-electron chi connectivity index (χ4n) is 13.5. The first-order chi connectivity index (χ1) is 19.1. The Kier molecular flexibility index (Phi) is 7.27. The molecular weight excluding hydrogens is 520 g/mol. The van der Waals surface area contributed by atoms with Gasteiger partial charge < -0.3 is 14.3 Å². The Bertz CT molecular complexity index is 1040. The Balaban J connectivity index is 1.46. The molecule has 0 amide bonds. The predicted molar refractivity (Wildman–Crippen MR) is 172 cm³/mol. The highest BCUT2D eigenvalue weighted by atomic mass is 28.4. The summed E-state index contributed by atoms with van der Waals surface area (Å²) in [7, 11) is -1.90. The van der Waals surface area contributed by atoms with Gasteiger partial charge in [0.05, 0.1) is 18.3 Å². The van der Waals surface area contributed by atoms with Crippen molar-refractivity contribution in [3.8, 4) is 0 Å². The van der Waals surface area contributed by atoms with Gasteiger partial charge in [-0.05, 0) is 133 Å². The smallest absolute Gasteiger partial charge is 0.192 e. The molecule has 1 heterocycles. The van der Waals surface area contributed by atoms with Crippen molar-refractivity contribution in [2.24, 2.45) is 56.7 Å². The zero-order chi connectivity index (χ0) is 30.0. The van der Waals surface area contributed by atoms with Gasteiger partial charge in [-0.25, -0.2) is 0 Å². The summed E-state index contributed by atoms with van der Waals surface area (Å²) < 4.78 is 15.0. The van der Waals surface area contributed by atoms with Crippen LogP contribution >= 0.6 is 0 Å². The molecule has 0 aromatic heterocycles. The molecule has 1 N–H and O–H groups in total. The van der Waals surface area contributed by atoms with Crippen molar-refractivity contribution in [3.63, 3.8) is 0 Å². The third-order valence-corrected chi connectivity index (χ3v) is 21.1. The Morgan fingerprint density at radius 1 is 0.951 bits per heavy atom. The van der Waals surface area contributed by atoms with E-state index in [9.17, 15) is 5.11 Å². The third-order valence-electron chi connectivity index (χ3n) is 16.5. The van der Waals surface area contributed by atoms with Gasteiger partial charge in [0.15, 0.2) is 8.32 Å². The number of hydrogen-bond donors (Lipinski definition) is 1. The molecule has 0 aromatic carbocycles. The molecule has 5 aliphatic carbocycles. The van der Waals surface area contributed by atoms with Crippen LogP contribution in [0.25, 0.3) is 0 Å². The molecule has 6 aliphatic rings. The lowest BCUT2D eigenvalue weighted by Crippen LogP contribution is -2.60. The Hall–Kier alpha value is -0.163. The van der Waals surface area contributed by atoms with Crippen molar-refractivity contribution in [2.75, 3.05) is 0 Å². The monoisotopic (exact) mass is 584 g/mol. The van der Waals surface area contributed by atoms with Crippen LogP contribution in [0.15, 0.2) is 12.2 Å². The van der Waals surface area contributed by atoms with Crippen molar-refractivity contribution in [3.05, 3.63) is 12.2 Å². The van der Waals surface area contributed by atoms with E-state index in [2.05, 4.69) is 68.9 Å². The van der Waals surface area contributed by atoms with E-state index in [0.29, 0.717) is 28.1 Å². The van der Waals surface area contributed by atoms with Crippen molar-refractivity contribution in [1.82, 2.24) is 0 Å². The molecule has 0 bridgehead atoms. The molecule has 6 fully saturated rings. The number of ether oxygens (including phenoxy) is 1. The molecule has 3 nitrogen and oxygen atoms in total. The quantitative estimate of drug-likeness (QED) is 0.239. The molecule has 1 aliphatic heterocycles. The fourth-order valence-corrected chi connectivity index (χ4v) is 16.4. The fraction of sp³-hybridized carbons (Fsp3) is 0.946. The molecule has 0 radical (unpaired) electrons. The summed E-state index contributed by atoms with van der Waals surface area (Å²) in [6, 6.07) is 3.55. The van der Waals surface area contributed by atoms with Gasteiger partial charge in [-0.15, -0.1) is 0 Å². The van der Waals surface area contributed by atoms with Crippen LogP contribution in [-0.2, 0) is 9.16 Å². The van der Waals surface area contributed by atoms with Crippen molar-refractivity contribution in [2.45, 2.75) is 163 Å². The van der Waals surface area contributed by atoms with E-state index in [1.807, 2.05) is 6.92 Å². The van der Waals surface area contributed by atoms with Crippen LogP contribution in [0.4, 0.5) is 0 Å². The zero-order valence-electron chi connectivity index (χ0n) is 28.4. The highest BCUT2D eigenvalue weighted by molar-refractivity contribution is 6.73. The molecule has 234 valence electrons. The molecule has 6 rings (SSSR count). The summed E-state index contributed by atoms with van der Waals surface area (Å²) in [5.41, 5.74) is 2.67. The average Bonchev–Trinajstić information content (AvgIpc) is 3.56. The zero-order valence-corrected chi connectivity index (χ0v) is 29.4. The van der Waals surface area contributed by atoms with E-state index < -0.39 is 14.4 Å². The number of aliphatic hydroxyl groups is 1. The lowest BCUT2D eigenvalue weighted by Gasteiger charge is -2.64. The van der Waals surface area contributed by atoms with Crippen LogP contribution < -0.4 is 0 Å². The maximum absolute atomic E-state index is 11.2. The van der Waals surface area contributed by atoms with Crippen molar-refractivity contribution >= 4 is 8.32 Å². The van der Waals surface area contributed by atoms with Gasteiger partial charge in [0.25, 0.3) is 0 Å². The molecule has 0 aromatic rings. The first-order valence-corrected chi connectivity index (χ1v) is 20.3. The summed E-state index contributed by atoms with van der Waals surface area (Å²) in [4.78, 5) is 0. The normalized spacial score (nSPS) is 52.4. The molecule has 13 atom stereocenters. The highest BCUT2D eigenvalue weighted by Crippen LogP contribution is 2.89. The maximum Gasteiger partial charge on any atom is 0.192 e. The van der Waals surface area contributed by atoms with Crippen molar-refractivity contribution in [1.29, 1.82) is 0 Å². The van der Waals surface area contributed by atoms with E-state index in [4.69, 9.17) is 9.16 Å². The number of aliphatic hydroxyl groups excluding tert-OH is 1. The molecule has 5 saturated carbocycles. The summed E-state index contributed by atoms with van der Waals surface area (Å²) in [5.74, 6) is 3.45. The van der Waals surface area contributed by atoms with E-state index in [-0.39, 0.29) is 29.1 Å². The number of fused-ring (bicyclic) bond motifs is 4. The molecule has 4 heteroatoms. The average molecular weight is 585 g/mol. The summed E-state index contributed by atoms with van der Waals surface area (Å²) in [6.45, 7) is 28.9. The Labute approximate surface area is 254 Å². The molecule has 1 saturated heterocycles. The Morgan fingerprint density at radius 3 is 2.17 bits per heavy atom. The molecule has 1 unspecified atom stereocenters. The van der Waals surface area contributed by atoms with Gasteiger partial charge >= 0.3 is 0 Å². The minimum absolute atomic E-state index is 0.0784. The second kappa shape index (κ2) is 9.67. The largest absolute Gasteiger partial charge is 0.411 e. The summed E-state index contributed by atoms with van der Waals surface area (Å²) in [6.07, 6.45) is 10.3. The van der Waals surface area contributed by atoms with E-state index >= 15 is 0 Å². The Morgan fingerprint density at radius 2 is 1.56 bits per heavy atom. The van der Waals surface area contributed by atoms with Gasteiger partial charge in [0.1, 0.15) is 6.10 Å². The minimum atomic E-state index is -1.90. The summed E-state index contributed by atoms with van der Waals surface area (Å²) >= 11 is 0. The van der Waals surface area contributed by atoms with Crippen LogP contribution in [0, 0.1) is 56.7 Å². The first-order valence-electron chi connectivity index (χ1n) is 17.8. The lowest BCUT2D eigenvalue weighted by atomic mass is 9.41.